The first-order chi connectivity index (χ1) is 9.49. The summed E-state index contributed by atoms with van der Waals surface area (Å²) < 4.78 is 16.0. The Hall–Kier alpha value is -1.55. The van der Waals surface area contributed by atoms with Crippen LogP contribution in [0.2, 0.25) is 5.02 Å². The molecule has 1 aromatic carbocycles. The number of nitrogens with two attached hydrogens (primary N) is 1. The van der Waals surface area contributed by atoms with Crippen molar-refractivity contribution < 1.29 is 4.39 Å². The zero-order valence-corrected chi connectivity index (χ0v) is 12.3. The fourth-order valence-corrected chi connectivity index (χ4v) is 2.68. The van der Waals surface area contributed by atoms with Gasteiger partial charge in [-0.1, -0.05) is 11.6 Å². The van der Waals surface area contributed by atoms with Gasteiger partial charge in [0.1, 0.15) is 23.2 Å². The number of anilines is 1. The van der Waals surface area contributed by atoms with E-state index < -0.39 is 0 Å². The molecule has 0 bridgehead atoms. The Morgan fingerprint density at radius 1 is 1.40 bits per heavy atom. The standard InChI is InChI=1S/C15H17ClFN3/c1-8(2)20-14(18)13(19-15(20)9-3-4-9)11-7-10(16)5-6-12(11)17/h5-9H,3-4,18H2,1-2H3. The Morgan fingerprint density at radius 2 is 2.10 bits per heavy atom. The van der Waals surface area contributed by atoms with Crippen molar-refractivity contribution in [3.8, 4) is 11.3 Å². The molecule has 1 fully saturated rings. The highest BCUT2D eigenvalue weighted by Gasteiger charge is 2.32. The van der Waals surface area contributed by atoms with Crippen LogP contribution < -0.4 is 5.73 Å². The van der Waals surface area contributed by atoms with E-state index in [1.54, 1.807) is 6.07 Å². The van der Waals surface area contributed by atoms with Crippen LogP contribution >= 0.6 is 11.6 Å². The van der Waals surface area contributed by atoms with Gasteiger partial charge in [-0.2, -0.15) is 0 Å². The molecule has 0 atom stereocenters. The summed E-state index contributed by atoms with van der Waals surface area (Å²) in [5.74, 6) is 1.59. The number of benzene rings is 1. The molecule has 2 N–H and O–H groups in total. The van der Waals surface area contributed by atoms with Crippen LogP contribution in [0.5, 0.6) is 0 Å². The summed E-state index contributed by atoms with van der Waals surface area (Å²) in [7, 11) is 0. The van der Waals surface area contributed by atoms with Crippen molar-refractivity contribution >= 4 is 17.4 Å². The van der Waals surface area contributed by atoms with E-state index in [1.165, 1.54) is 12.1 Å². The van der Waals surface area contributed by atoms with Crippen LogP contribution in [-0.4, -0.2) is 9.55 Å². The summed E-state index contributed by atoms with van der Waals surface area (Å²) in [6.45, 7) is 4.12. The van der Waals surface area contributed by atoms with Crippen LogP contribution in [0.15, 0.2) is 18.2 Å². The van der Waals surface area contributed by atoms with Crippen molar-refractivity contribution in [1.82, 2.24) is 9.55 Å². The lowest BCUT2D eigenvalue weighted by atomic mass is 10.1. The van der Waals surface area contributed by atoms with Gasteiger partial charge in [0.15, 0.2) is 0 Å². The van der Waals surface area contributed by atoms with Crippen molar-refractivity contribution in [2.75, 3.05) is 5.73 Å². The first kappa shape index (κ1) is 13.4. The topological polar surface area (TPSA) is 43.8 Å². The predicted molar refractivity (Wildman–Crippen MR) is 79.4 cm³/mol. The Balaban J connectivity index is 2.19. The highest BCUT2D eigenvalue weighted by atomic mass is 35.5. The molecule has 1 aromatic heterocycles. The van der Waals surface area contributed by atoms with Gasteiger partial charge in [-0.3, -0.25) is 0 Å². The first-order valence-electron chi connectivity index (χ1n) is 6.82. The number of aromatic nitrogens is 2. The molecule has 20 heavy (non-hydrogen) atoms. The second-order valence-corrected chi connectivity index (χ2v) is 6.00. The lowest BCUT2D eigenvalue weighted by Crippen LogP contribution is -2.09. The summed E-state index contributed by atoms with van der Waals surface area (Å²) in [6.07, 6.45) is 2.25. The van der Waals surface area contributed by atoms with E-state index in [9.17, 15) is 4.39 Å². The van der Waals surface area contributed by atoms with Crippen LogP contribution in [0.4, 0.5) is 10.2 Å². The van der Waals surface area contributed by atoms with Crippen molar-refractivity contribution in [2.45, 2.75) is 38.6 Å². The molecule has 3 nitrogen and oxygen atoms in total. The minimum Gasteiger partial charge on any atom is -0.383 e. The lowest BCUT2D eigenvalue weighted by Gasteiger charge is -2.13. The average Bonchev–Trinajstić information content (AvgIpc) is 3.16. The number of hydrogen-bond donors (Lipinski definition) is 1. The molecule has 2 aromatic rings. The summed E-state index contributed by atoms with van der Waals surface area (Å²) in [4.78, 5) is 4.60. The Kier molecular flexibility index (Phi) is 3.21. The minimum absolute atomic E-state index is 0.203. The molecule has 1 saturated carbocycles. The molecule has 106 valence electrons. The summed E-state index contributed by atoms with van der Waals surface area (Å²) in [6, 6.07) is 4.66. The van der Waals surface area contributed by atoms with E-state index in [2.05, 4.69) is 18.8 Å². The molecule has 0 amide bonds. The van der Waals surface area contributed by atoms with E-state index in [0.717, 1.165) is 18.7 Å². The molecule has 0 unspecified atom stereocenters. The smallest absolute Gasteiger partial charge is 0.132 e. The lowest BCUT2D eigenvalue weighted by molar-refractivity contribution is 0.576. The molecular weight excluding hydrogens is 277 g/mol. The van der Waals surface area contributed by atoms with Gasteiger partial charge in [-0.15, -0.1) is 0 Å². The monoisotopic (exact) mass is 293 g/mol. The number of halogens is 2. The maximum atomic E-state index is 14.0. The second-order valence-electron chi connectivity index (χ2n) is 5.57. The van der Waals surface area contributed by atoms with Gasteiger partial charge < -0.3 is 10.3 Å². The minimum atomic E-state index is -0.350. The highest BCUT2D eigenvalue weighted by Crippen LogP contribution is 2.43. The van der Waals surface area contributed by atoms with E-state index in [1.807, 2.05) is 4.57 Å². The maximum Gasteiger partial charge on any atom is 0.132 e. The maximum absolute atomic E-state index is 14.0. The third-order valence-electron chi connectivity index (χ3n) is 3.62. The van der Waals surface area contributed by atoms with Gasteiger partial charge in [0, 0.05) is 22.5 Å². The third kappa shape index (κ3) is 2.18. The fourth-order valence-electron chi connectivity index (χ4n) is 2.51. The largest absolute Gasteiger partial charge is 0.383 e. The van der Waals surface area contributed by atoms with Crippen LogP contribution in [0.1, 0.15) is 44.5 Å². The van der Waals surface area contributed by atoms with Gasteiger partial charge in [-0.25, -0.2) is 9.37 Å². The normalized spacial score (nSPS) is 15.1. The molecule has 1 aliphatic rings. The predicted octanol–water partition coefficient (Wildman–Crippen LogP) is 4.38. The van der Waals surface area contributed by atoms with Crippen LogP contribution in [0.25, 0.3) is 11.3 Å². The molecule has 3 rings (SSSR count). The van der Waals surface area contributed by atoms with Gasteiger partial charge >= 0.3 is 0 Å². The molecule has 0 spiro atoms. The number of nitrogens with zero attached hydrogens (tertiary/aromatic N) is 2. The van der Waals surface area contributed by atoms with Crippen LogP contribution in [0, 0.1) is 5.82 Å². The quantitative estimate of drug-likeness (QED) is 0.912. The van der Waals surface area contributed by atoms with E-state index in [-0.39, 0.29) is 11.9 Å². The molecule has 0 radical (unpaired) electrons. The number of nitrogen functional groups attached to an aromatic ring is 1. The molecule has 5 heteroatoms. The zero-order chi connectivity index (χ0) is 14.4. The van der Waals surface area contributed by atoms with Crippen molar-refractivity contribution in [1.29, 1.82) is 0 Å². The van der Waals surface area contributed by atoms with E-state index in [0.29, 0.717) is 28.0 Å². The van der Waals surface area contributed by atoms with Gasteiger partial charge in [0.2, 0.25) is 0 Å². The van der Waals surface area contributed by atoms with Crippen LogP contribution in [-0.2, 0) is 0 Å². The zero-order valence-electron chi connectivity index (χ0n) is 11.5. The average molecular weight is 294 g/mol. The van der Waals surface area contributed by atoms with Gasteiger partial charge in [0.25, 0.3) is 0 Å². The number of imidazole rings is 1. The fraction of sp³-hybridized carbons (Fsp3) is 0.400. The Bertz CT molecular complexity index is 659. The molecule has 1 heterocycles. The molecule has 0 aliphatic heterocycles. The van der Waals surface area contributed by atoms with Gasteiger partial charge in [-0.05, 0) is 44.9 Å². The molecule has 0 saturated heterocycles. The van der Waals surface area contributed by atoms with E-state index >= 15 is 0 Å². The molecular formula is C15H17ClFN3. The highest BCUT2D eigenvalue weighted by molar-refractivity contribution is 6.30. The van der Waals surface area contributed by atoms with Gasteiger partial charge in [0.05, 0.1) is 0 Å². The van der Waals surface area contributed by atoms with Crippen LogP contribution in [0.3, 0.4) is 0 Å². The third-order valence-corrected chi connectivity index (χ3v) is 3.85. The first-order valence-corrected chi connectivity index (χ1v) is 7.20. The Labute approximate surface area is 122 Å². The summed E-state index contributed by atoms with van der Waals surface area (Å²) >= 11 is 5.96. The van der Waals surface area contributed by atoms with Crippen molar-refractivity contribution in [3.05, 3.63) is 34.9 Å². The van der Waals surface area contributed by atoms with E-state index in [4.69, 9.17) is 17.3 Å². The second kappa shape index (κ2) is 4.77. The van der Waals surface area contributed by atoms with Crippen molar-refractivity contribution in [3.63, 3.8) is 0 Å². The summed E-state index contributed by atoms with van der Waals surface area (Å²) in [5, 5.41) is 0.480. The number of rotatable bonds is 3. The Morgan fingerprint density at radius 3 is 2.70 bits per heavy atom. The summed E-state index contributed by atoms with van der Waals surface area (Å²) in [5.41, 5.74) is 7.08. The van der Waals surface area contributed by atoms with Crippen molar-refractivity contribution in [2.24, 2.45) is 0 Å². The SMILES string of the molecule is CC(C)n1c(C2CC2)nc(-c2cc(Cl)ccc2F)c1N. The number of hydrogen-bond acceptors (Lipinski definition) is 2. The molecule has 1 aliphatic carbocycles.